The minimum absolute atomic E-state index is 0.105. The predicted octanol–water partition coefficient (Wildman–Crippen LogP) is 2.95. The molecular weight excluding hydrogens is 328 g/mol. The number of carbonyl (C=O) groups excluding carboxylic acids is 1. The molecule has 1 atom stereocenters. The lowest BCUT2D eigenvalue weighted by atomic mass is 10.0. The Kier molecular flexibility index (Phi) is 6.12. The smallest absolute Gasteiger partial charge is 0.244 e. The van der Waals surface area contributed by atoms with E-state index in [1.54, 1.807) is 7.11 Å². The molecule has 0 radical (unpaired) electrons. The lowest BCUT2D eigenvalue weighted by molar-refractivity contribution is -0.135. The highest BCUT2D eigenvalue weighted by molar-refractivity contribution is 5.84. The van der Waals surface area contributed by atoms with Crippen LogP contribution in [0.1, 0.15) is 18.1 Å². The minimum atomic E-state index is -0.286. The van der Waals surface area contributed by atoms with Crippen molar-refractivity contribution in [3.63, 3.8) is 0 Å². The van der Waals surface area contributed by atoms with Crippen molar-refractivity contribution < 1.29 is 14.3 Å². The molecule has 1 aliphatic heterocycles. The number of benzene rings is 2. The van der Waals surface area contributed by atoms with E-state index < -0.39 is 0 Å². The first-order valence-corrected chi connectivity index (χ1v) is 9.01. The SMILES string of the molecule is COc1ccc(N[C@@H](C)C(=O)N2CCOCC2)cc1Cc1ccccc1. The molecule has 26 heavy (non-hydrogen) atoms. The van der Waals surface area contributed by atoms with E-state index in [1.807, 2.05) is 42.2 Å². The molecule has 0 saturated carbocycles. The quantitative estimate of drug-likeness (QED) is 0.867. The fourth-order valence-corrected chi connectivity index (χ4v) is 3.19. The Morgan fingerprint density at radius 3 is 2.62 bits per heavy atom. The Morgan fingerprint density at radius 2 is 1.92 bits per heavy atom. The number of amides is 1. The summed E-state index contributed by atoms with van der Waals surface area (Å²) in [4.78, 5) is 14.4. The number of carbonyl (C=O) groups is 1. The molecule has 5 heteroatoms. The molecule has 1 aliphatic rings. The van der Waals surface area contributed by atoms with Gasteiger partial charge < -0.3 is 19.7 Å². The third-order valence-corrected chi connectivity index (χ3v) is 4.59. The first-order chi connectivity index (χ1) is 12.7. The summed E-state index contributed by atoms with van der Waals surface area (Å²) in [7, 11) is 1.68. The zero-order chi connectivity index (χ0) is 18.4. The Balaban J connectivity index is 1.71. The second kappa shape index (κ2) is 8.72. The van der Waals surface area contributed by atoms with Gasteiger partial charge >= 0.3 is 0 Å². The van der Waals surface area contributed by atoms with Crippen LogP contribution in [-0.4, -0.2) is 50.3 Å². The molecule has 1 N–H and O–H groups in total. The van der Waals surface area contributed by atoms with E-state index in [9.17, 15) is 4.79 Å². The highest BCUT2D eigenvalue weighted by Crippen LogP contribution is 2.26. The normalized spacial score (nSPS) is 15.4. The summed E-state index contributed by atoms with van der Waals surface area (Å²) in [6.07, 6.45) is 0.783. The van der Waals surface area contributed by atoms with E-state index in [2.05, 4.69) is 23.5 Å². The summed E-state index contributed by atoms with van der Waals surface area (Å²) in [6.45, 7) is 4.45. The molecule has 2 aromatic carbocycles. The number of rotatable bonds is 6. The number of methoxy groups -OCH3 is 1. The van der Waals surface area contributed by atoms with Gasteiger partial charge in [0, 0.05) is 30.8 Å². The second-order valence-electron chi connectivity index (χ2n) is 6.49. The number of nitrogens with one attached hydrogen (secondary N) is 1. The highest BCUT2D eigenvalue weighted by atomic mass is 16.5. The molecule has 0 aromatic heterocycles. The van der Waals surface area contributed by atoms with Gasteiger partial charge in [0.15, 0.2) is 0 Å². The van der Waals surface area contributed by atoms with Crippen LogP contribution >= 0.6 is 0 Å². The van der Waals surface area contributed by atoms with E-state index in [0.717, 1.165) is 23.4 Å². The molecule has 1 amide bonds. The van der Waals surface area contributed by atoms with E-state index in [4.69, 9.17) is 9.47 Å². The minimum Gasteiger partial charge on any atom is -0.496 e. The largest absolute Gasteiger partial charge is 0.496 e. The van der Waals surface area contributed by atoms with Crippen molar-refractivity contribution >= 4 is 11.6 Å². The molecule has 2 aromatic rings. The monoisotopic (exact) mass is 354 g/mol. The summed E-state index contributed by atoms with van der Waals surface area (Å²) in [5.74, 6) is 0.959. The third kappa shape index (κ3) is 4.55. The van der Waals surface area contributed by atoms with Crippen molar-refractivity contribution in [2.75, 3.05) is 38.7 Å². The van der Waals surface area contributed by atoms with E-state index in [0.29, 0.717) is 26.3 Å². The molecule has 0 unspecified atom stereocenters. The van der Waals surface area contributed by atoms with Gasteiger partial charge in [0.05, 0.1) is 20.3 Å². The van der Waals surface area contributed by atoms with Crippen LogP contribution in [0.5, 0.6) is 5.75 Å². The van der Waals surface area contributed by atoms with Crippen LogP contribution in [0.3, 0.4) is 0 Å². The summed E-state index contributed by atoms with van der Waals surface area (Å²) < 4.78 is 10.8. The van der Waals surface area contributed by atoms with Gasteiger partial charge in [0.2, 0.25) is 5.91 Å². The standard InChI is InChI=1S/C21H26N2O3/c1-16(21(24)23-10-12-26-13-11-23)22-19-8-9-20(25-2)18(15-19)14-17-6-4-3-5-7-17/h3-9,15-16,22H,10-14H2,1-2H3/t16-/m0/s1. The van der Waals surface area contributed by atoms with Crippen molar-refractivity contribution in [2.24, 2.45) is 0 Å². The number of nitrogens with zero attached hydrogens (tertiary/aromatic N) is 1. The number of hydrogen-bond acceptors (Lipinski definition) is 4. The van der Waals surface area contributed by atoms with Crippen LogP contribution in [0.15, 0.2) is 48.5 Å². The van der Waals surface area contributed by atoms with Gasteiger partial charge in [0.1, 0.15) is 11.8 Å². The highest BCUT2D eigenvalue weighted by Gasteiger charge is 2.22. The van der Waals surface area contributed by atoms with Gasteiger partial charge in [-0.2, -0.15) is 0 Å². The van der Waals surface area contributed by atoms with Gasteiger partial charge in [-0.15, -0.1) is 0 Å². The average molecular weight is 354 g/mol. The van der Waals surface area contributed by atoms with Gasteiger partial charge in [-0.1, -0.05) is 30.3 Å². The fraction of sp³-hybridized carbons (Fsp3) is 0.381. The Bertz CT molecular complexity index is 727. The topological polar surface area (TPSA) is 50.8 Å². The van der Waals surface area contributed by atoms with Crippen LogP contribution in [0.25, 0.3) is 0 Å². The summed E-state index contributed by atoms with van der Waals surface area (Å²) in [5, 5.41) is 3.33. The van der Waals surface area contributed by atoms with Crippen LogP contribution in [0.2, 0.25) is 0 Å². The first-order valence-electron chi connectivity index (χ1n) is 9.01. The summed E-state index contributed by atoms with van der Waals surface area (Å²) in [6, 6.07) is 16.0. The summed E-state index contributed by atoms with van der Waals surface area (Å²) in [5.41, 5.74) is 3.24. The molecule has 0 spiro atoms. The van der Waals surface area contributed by atoms with Crippen molar-refractivity contribution in [1.82, 2.24) is 4.90 Å². The molecule has 1 saturated heterocycles. The molecule has 1 fully saturated rings. The number of morpholine rings is 1. The molecular formula is C21H26N2O3. The lowest BCUT2D eigenvalue weighted by Crippen LogP contribution is -2.47. The molecule has 5 nitrogen and oxygen atoms in total. The van der Waals surface area contributed by atoms with E-state index >= 15 is 0 Å². The Labute approximate surface area is 154 Å². The average Bonchev–Trinajstić information content (AvgIpc) is 2.69. The van der Waals surface area contributed by atoms with Crippen molar-refractivity contribution in [1.29, 1.82) is 0 Å². The Morgan fingerprint density at radius 1 is 1.19 bits per heavy atom. The fourth-order valence-electron chi connectivity index (χ4n) is 3.19. The van der Waals surface area contributed by atoms with Gasteiger partial charge in [-0.25, -0.2) is 0 Å². The Hall–Kier alpha value is -2.53. The molecule has 1 heterocycles. The van der Waals surface area contributed by atoms with E-state index in [-0.39, 0.29) is 11.9 Å². The maximum atomic E-state index is 12.6. The lowest BCUT2D eigenvalue weighted by Gasteiger charge is -2.29. The molecule has 3 rings (SSSR count). The number of hydrogen-bond donors (Lipinski definition) is 1. The van der Waals surface area contributed by atoms with Crippen molar-refractivity contribution in [3.8, 4) is 5.75 Å². The van der Waals surface area contributed by atoms with Crippen LogP contribution in [0.4, 0.5) is 5.69 Å². The van der Waals surface area contributed by atoms with E-state index in [1.165, 1.54) is 5.56 Å². The van der Waals surface area contributed by atoms with Crippen molar-refractivity contribution in [3.05, 3.63) is 59.7 Å². The molecule has 0 bridgehead atoms. The van der Waals surface area contributed by atoms with Gasteiger partial charge in [-0.3, -0.25) is 4.79 Å². The van der Waals surface area contributed by atoms with Gasteiger partial charge in [-0.05, 0) is 30.7 Å². The molecule has 138 valence electrons. The van der Waals surface area contributed by atoms with Crippen LogP contribution < -0.4 is 10.1 Å². The maximum Gasteiger partial charge on any atom is 0.244 e. The van der Waals surface area contributed by atoms with Crippen LogP contribution in [-0.2, 0) is 16.0 Å². The zero-order valence-corrected chi connectivity index (χ0v) is 15.4. The third-order valence-electron chi connectivity index (χ3n) is 4.59. The predicted molar refractivity (Wildman–Crippen MR) is 103 cm³/mol. The zero-order valence-electron chi connectivity index (χ0n) is 15.4. The second-order valence-corrected chi connectivity index (χ2v) is 6.49. The maximum absolute atomic E-state index is 12.6. The number of ether oxygens (including phenoxy) is 2. The first kappa shape index (κ1) is 18.3. The molecule has 0 aliphatic carbocycles. The van der Waals surface area contributed by atoms with Crippen LogP contribution in [0, 0.1) is 0 Å². The number of anilines is 1. The van der Waals surface area contributed by atoms with Crippen molar-refractivity contribution in [2.45, 2.75) is 19.4 Å². The summed E-state index contributed by atoms with van der Waals surface area (Å²) >= 11 is 0. The van der Waals surface area contributed by atoms with Gasteiger partial charge in [0.25, 0.3) is 0 Å².